The van der Waals surface area contributed by atoms with E-state index in [1.165, 1.54) is 45.6 Å². The van der Waals surface area contributed by atoms with Crippen molar-refractivity contribution in [2.24, 2.45) is 0 Å². The van der Waals surface area contributed by atoms with Gasteiger partial charge in [0.1, 0.15) is 0 Å². The highest BCUT2D eigenvalue weighted by Gasteiger charge is 2.10. The third-order valence-corrected chi connectivity index (χ3v) is 3.94. The molecule has 1 N–H and O–H groups in total. The Labute approximate surface area is 128 Å². The average molecular weight is 292 g/mol. The van der Waals surface area contributed by atoms with Crippen LogP contribution in [0.3, 0.4) is 0 Å². The van der Waals surface area contributed by atoms with Gasteiger partial charge in [0.2, 0.25) is 5.88 Å². The van der Waals surface area contributed by atoms with Crippen molar-refractivity contribution in [1.29, 1.82) is 0 Å². The summed E-state index contributed by atoms with van der Waals surface area (Å²) in [6.45, 7) is 7.89. The maximum atomic E-state index is 5.13. The molecule has 1 aliphatic heterocycles. The molecule has 2 heterocycles. The van der Waals surface area contributed by atoms with Crippen molar-refractivity contribution in [3.63, 3.8) is 0 Å². The zero-order valence-electron chi connectivity index (χ0n) is 13.3. The van der Waals surface area contributed by atoms with Crippen molar-refractivity contribution in [3.05, 3.63) is 23.9 Å². The second-order valence-corrected chi connectivity index (χ2v) is 5.70. The van der Waals surface area contributed by atoms with E-state index in [2.05, 4.69) is 27.1 Å². The second-order valence-electron chi connectivity index (χ2n) is 5.70. The molecule has 118 valence electrons. The van der Waals surface area contributed by atoms with Gasteiger partial charge < -0.3 is 19.9 Å². The monoisotopic (exact) mass is 292 g/mol. The van der Waals surface area contributed by atoms with Crippen LogP contribution in [-0.4, -0.2) is 68.2 Å². The predicted molar refractivity (Wildman–Crippen MR) is 85.7 cm³/mol. The van der Waals surface area contributed by atoms with E-state index < -0.39 is 0 Å². The number of ether oxygens (including phenoxy) is 1. The number of nitrogens with zero attached hydrogens (tertiary/aromatic N) is 3. The van der Waals surface area contributed by atoms with E-state index in [9.17, 15) is 0 Å². The van der Waals surface area contributed by atoms with Crippen LogP contribution in [0.25, 0.3) is 0 Å². The number of rotatable bonds is 7. The Balaban J connectivity index is 1.59. The lowest BCUT2D eigenvalue weighted by Gasteiger charge is -2.19. The molecule has 1 aromatic rings. The van der Waals surface area contributed by atoms with Crippen LogP contribution in [0.4, 0.5) is 0 Å². The first-order chi connectivity index (χ1) is 10.3. The normalized spacial score (nSPS) is 17.6. The predicted octanol–water partition coefficient (Wildman–Crippen LogP) is 1.21. The Kier molecular flexibility index (Phi) is 6.92. The van der Waals surface area contributed by atoms with E-state index in [-0.39, 0.29) is 0 Å². The van der Waals surface area contributed by atoms with Crippen LogP contribution < -0.4 is 10.1 Å². The van der Waals surface area contributed by atoms with Crippen LogP contribution in [0.15, 0.2) is 18.2 Å². The van der Waals surface area contributed by atoms with Crippen LogP contribution in [-0.2, 0) is 6.54 Å². The lowest BCUT2D eigenvalue weighted by atomic mass is 10.3. The van der Waals surface area contributed by atoms with Crippen molar-refractivity contribution in [2.45, 2.75) is 19.4 Å². The summed E-state index contributed by atoms with van der Waals surface area (Å²) in [6, 6.07) is 5.89. The molecule has 1 saturated heterocycles. The average Bonchev–Trinajstić information content (AvgIpc) is 2.72. The highest BCUT2D eigenvalue weighted by Crippen LogP contribution is 2.06. The Bertz CT molecular complexity index is 413. The summed E-state index contributed by atoms with van der Waals surface area (Å²) in [5.41, 5.74) is 1.03. The Hall–Kier alpha value is -1.17. The summed E-state index contributed by atoms with van der Waals surface area (Å²) >= 11 is 0. The Morgan fingerprint density at radius 2 is 2.14 bits per heavy atom. The first-order valence-electron chi connectivity index (χ1n) is 7.89. The number of likely N-dealkylation sites (N-methyl/N-ethyl adjacent to an activating group) is 1. The van der Waals surface area contributed by atoms with Gasteiger partial charge in [-0.05, 0) is 52.1 Å². The van der Waals surface area contributed by atoms with E-state index in [1.807, 2.05) is 18.2 Å². The number of nitrogens with one attached hydrogen (secondary N) is 1. The summed E-state index contributed by atoms with van der Waals surface area (Å²) in [7, 11) is 3.87. The molecule has 0 spiro atoms. The summed E-state index contributed by atoms with van der Waals surface area (Å²) in [5.74, 6) is 0.683. The van der Waals surface area contributed by atoms with E-state index in [0.29, 0.717) is 5.88 Å². The van der Waals surface area contributed by atoms with E-state index in [4.69, 9.17) is 4.74 Å². The summed E-state index contributed by atoms with van der Waals surface area (Å²) in [6.07, 6.45) is 2.48. The van der Waals surface area contributed by atoms with E-state index in [1.54, 1.807) is 7.11 Å². The zero-order chi connectivity index (χ0) is 14.9. The highest BCUT2D eigenvalue weighted by molar-refractivity contribution is 5.15. The molecule has 21 heavy (non-hydrogen) atoms. The van der Waals surface area contributed by atoms with Gasteiger partial charge >= 0.3 is 0 Å². The third-order valence-electron chi connectivity index (χ3n) is 3.94. The molecule has 0 unspecified atom stereocenters. The Morgan fingerprint density at radius 1 is 1.24 bits per heavy atom. The summed E-state index contributed by atoms with van der Waals surface area (Å²) < 4.78 is 5.13. The summed E-state index contributed by atoms with van der Waals surface area (Å²) in [4.78, 5) is 9.40. The van der Waals surface area contributed by atoms with Crippen LogP contribution in [0.5, 0.6) is 5.88 Å². The molecule has 1 aliphatic rings. The van der Waals surface area contributed by atoms with Gasteiger partial charge in [-0.15, -0.1) is 0 Å². The molecule has 1 aromatic heterocycles. The number of hydrogen-bond donors (Lipinski definition) is 1. The van der Waals surface area contributed by atoms with Gasteiger partial charge in [0, 0.05) is 25.7 Å². The molecule has 0 atom stereocenters. The third kappa shape index (κ3) is 5.99. The molecule has 2 rings (SSSR count). The maximum absolute atomic E-state index is 5.13. The molecule has 0 bridgehead atoms. The van der Waals surface area contributed by atoms with Crippen LogP contribution in [0.1, 0.15) is 18.5 Å². The standard InChI is InChI=1S/C16H28N4O/c1-19-9-5-11-20(13-12-19)10-4-8-17-14-15-6-3-7-16(18-15)21-2/h3,6-7,17H,4-5,8-14H2,1-2H3. The molecule has 0 aliphatic carbocycles. The first kappa shape index (κ1) is 16.2. The van der Waals surface area contributed by atoms with Crippen molar-refractivity contribution in [3.8, 4) is 5.88 Å². The maximum Gasteiger partial charge on any atom is 0.213 e. The van der Waals surface area contributed by atoms with Gasteiger partial charge in [0.05, 0.1) is 12.8 Å². The minimum atomic E-state index is 0.683. The summed E-state index contributed by atoms with van der Waals surface area (Å²) in [5, 5.41) is 3.46. The van der Waals surface area contributed by atoms with E-state index >= 15 is 0 Å². The fraction of sp³-hybridized carbons (Fsp3) is 0.688. The SMILES string of the molecule is COc1cccc(CNCCCN2CCCN(C)CC2)n1. The lowest BCUT2D eigenvalue weighted by Crippen LogP contribution is -2.31. The fourth-order valence-corrected chi connectivity index (χ4v) is 2.64. The molecule has 5 nitrogen and oxygen atoms in total. The van der Waals surface area contributed by atoms with Crippen LogP contribution in [0.2, 0.25) is 0 Å². The van der Waals surface area contributed by atoms with Gasteiger partial charge in [-0.3, -0.25) is 0 Å². The first-order valence-corrected chi connectivity index (χ1v) is 7.89. The van der Waals surface area contributed by atoms with Crippen molar-refractivity contribution >= 4 is 0 Å². The minimum absolute atomic E-state index is 0.683. The van der Waals surface area contributed by atoms with Crippen LogP contribution >= 0.6 is 0 Å². The number of hydrogen-bond acceptors (Lipinski definition) is 5. The van der Waals surface area contributed by atoms with Gasteiger partial charge in [0.25, 0.3) is 0 Å². The van der Waals surface area contributed by atoms with Crippen molar-refractivity contribution < 1.29 is 4.74 Å². The molecule has 0 aromatic carbocycles. The quantitative estimate of drug-likeness (QED) is 0.765. The molecule has 0 saturated carbocycles. The highest BCUT2D eigenvalue weighted by atomic mass is 16.5. The van der Waals surface area contributed by atoms with Crippen LogP contribution in [0, 0.1) is 0 Å². The number of methoxy groups -OCH3 is 1. The smallest absolute Gasteiger partial charge is 0.213 e. The zero-order valence-corrected chi connectivity index (χ0v) is 13.3. The molecule has 1 fully saturated rings. The van der Waals surface area contributed by atoms with Gasteiger partial charge in [-0.1, -0.05) is 6.07 Å². The fourth-order valence-electron chi connectivity index (χ4n) is 2.64. The van der Waals surface area contributed by atoms with Crippen molar-refractivity contribution in [1.82, 2.24) is 20.1 Å². The minimum Gasteiger partial charge on any atom is -0.481 e. The molecule has 0 amide bonds. The molecular formula is C16H28N4O. The van der Waals surface area contributed by atoms with Gasteiger partial charge in [-0.2, -0.15) is 0 Å². The lowest BCUT2D eigenvalue weighted by molar-refractivity contribution is 0.272. The topological polar surface area (TPSA) is 40.6 Å². The Morgan fingerprint density at radius 3 is 3.00 bits per heavy atom. The van der Waals surface area contributed by atoms with Gasteiger partial charge in [-0.25, -0.2) is 4.98 Å². The molecule has 0 radical (unpaired) electrons. The number of aromatic nitrogens is 1. The van der Waals surface area contributed by atoms with Gasteiger partial charge in [0.15, 0.2) is 0 Å². The molecule has 5 heteroatoms. The molecular weight excluding hydrogens is 264 g/mol. The number of pyridine rings is 1. The van der Waals surface area contributed by atoms with Crippen molar-refractivity contribution in [2.75, 3.05) is 53.4 Å². The second kappa shape index (κ2) is 8.97. The van der Waals surface area contributed by atoms with E-state index in [0.717, 1.165) is 18.8 Å². The largest absolute Gasteiger partial charge is 0.481 e.